The van der Waals surface area contributed by atoms with Gasteiger partial charge in [-0.3, -0.25) is 9.10 Å². The molecule has 0 fully saturated rings. The quantitative estimate of drug-likeness (QED) is 0.392. The summed E-state index contributed by atoms with van der Waals surface area (Å²) in [5.41, 5.74) is -1.37. The largest absolute Gasteiger partial charge is 0.449 e. The molecule has 0 saturated carbocycles. The van der Waals surface area contributed by atoms with Crippen LogP contribution in [0.4, 0.5) is 18.9 Å². The lowest BCUT2D eigenvalue weighted by atomic mass is 10.2. The standard InChI is InChI=1S/C23H25F3N2O5S/c1-4-12-27-21(29)16(3)33-22(30)17-8-6-11-20(14-17)34(31,32)28(13-5-2)19-10-7-9-18(15-19)23(24,25)26/h5-11,14-16H,2,4,12-13H2,1,3H3,(H,27,29). The summed E-state index contributed by atoms with van der Waals surface area (Å²) in [7, 11) is -4.38. The number of sulfonamides is 1. The first-order chi connectivity index (χ1) is 15.9. The van der Waals surface area contributed by atoms with Crippen LogP contribution in [0, 0.1) is 0 Å². The summed E-state index contributed by atoms with van der Waals surface area (Å²) in [6, 6.07) is 8.72. The second kappa shape index (κ2) is 11.2. The number of benzene rings is 2. The van der Waals surface area contributed by atoms with Crippen molar-refractivity contribution in [1.82, 2.24) is 5.32 Å². The van der Waals surface area contributed by atoms with E-state index in [1.807, 2.05) is 6.92 Å². The predicted octanol–water partition coefficient (Wildman–Crippen LogP) is 4.16. The number of carbonyl (C=O) groups is 2. The minimum absolute atomic E-state index is 0.140. The molecule has 2 aromatic rings. The van der Waals surface area contributed by atoms with Crippen molar-refractivity contribution >= 4 is 27.6 Å². The zero-order valence-electron chi connectivity index (χ0n) is 18.6. The lowest BCUT2D eigenvalue weighted by Crippen LogP contribution is -2.36. The highest BCUT2D eigenvalue weighted by Crippen LogP contribution is 2.33. The smallest absolute Gasteiger partial charge is 0.416 e. The normalized spacial score (nSPS) is 12.5. The van der Waals surface area contributed by atoms with E-state index >= 15 is 0 Å². The Morgan fingerprint density at radius 2 is 1.85 bits per heavy atom. The average molecular weight is 499 g/mol. The number of nitrogens with zero attached hydrogens (tertiary/aromatic N) is 1. The van der Waals surface area contributed by atoms with Gasteiger partial charge in [-0.05, 0) is 49.7 Å². The molecule has 0 aliphatic rings. The summed E-state index contributed by atoms with van der Waals surface area (Å²) in [6.45, 7) is 6.81. The Bertz CT molecular complexity index is 1150. The number of ether oxygens (including phenoxy) is 1. The number of hydrogen-bond acceptors (Lipinski definition) is 5. The van der Waals surface area contributed by atoms with E-state index in [2.05, 4.69) is 11.9 Å². The van der Waals surface area contributed by atoms with Crippen molar-refractivity contribution < 1.29 is 35.9 Å². The monoisotopic (exact) mass is 498 g/mol. The summed E-state index contributed by atoms with van der Waals surface area (Å²) >= 11 is 0. The van der Waals surface area contributed by atoms with E-state index in [-0.39, 0.29) is 22.7 Å². The average Bonchev–Trinajstić information content (AvgIpc) is 2.80. The zero-order valence-corrected chi connectivity index (χ0v) is 19.4. The Morgan fingerprint density at radius 1 is 1.18 bits per heavy atom. The Labute approximate surface area is 196 Å². The van der Waals surface area contributed by atoms with E-state index in [1.54, 1.807) is 0 Å². The summed E-state index contributed by atoms with van der Waals surface area (Å²) in [6.07, 6.45) is -3.85. The molecule has 0 saturated heterocycles. The SMILES string of the molecule is C=CCN(c1cccc(C(F)(F)F)c1)S(=O)(=O)c1cccc(C(=O)OC(C)C(=O)NCCC)c1. The van der Waals surface area contributed by atoms with Gasteiger partial charge in [0.15, 0.2) is 6.10 Å². The van der Waals surface area contributed by atoms with Gasteiger partial charge in [0.2, 0.25) is 0 Å². The first kappa shape index (κ1) is 26.9. The van der Waals surface area contributed by atoms with Crippen molar-refractivity contribution in [3.63, 3.8) is 0 Å². The van der Waals surface area contributed by atoms with Crippen LogP contribution in [-0.2, 0) is 25.7 Å². The number of hydrogen-bond donors (Lipinski definition) is 1. The third kappa shape index (κ3) is 6.60. The number of carbonyl (C=O) groups excluding carboxylic acids is 2. The lowest BCUT2D eigenvalue weighted by molar-refractivity contribution is -0.137. The van der Waals surface area contributed by atoms with Gasteiger partial charge in [0.1, 0.15) is 0 Å². The number of alkyl halides is 3. The lowest BCUT2D eigenvalue weighted by Gasteiger charge is -2.24. The molecule has 34 heavy (non-hydrogen) atoms. The molecule has 1 N–H and O–H groups in total. The van der Waals surface area contributed by atoms with Gasteiger partial charge in [-0.25, -0.2) is 13.2 Å². The Morgan fingerprint density at radius 3 is 2.47 bits per heavy atom. The number of halogens is 3. The summed E-state index contributed by atoms with van der Waals surface area (Å²) in [4.78, 5) is 24.1. The van der Waals surface area contributed by atoms with E-state index in [4.69, 9.17) is 4.74 Å². The zero-order chi connectivity index (χ0) is 25.5. The second-order valence-electron chi connectivity index (χ2n) is 7.24. The Balaban J connectivity index is 2.36. The van der Waals surface area contributed by atoms with Gasteiger partial charge >= 0.3 is 12.1 Å². The number of nitrogens with one attached hydrogen (secondary N) is 1. The van der Waals surface area contributed by atoms with Crippen LogP contribution in [0.5, 0.6) is 0 Å². The molecular weight excluding hydrogens is 473 g/mol. The fraction of sp³-hybridized carbons (Fsp3) is 0.304. The molecule has 2 rings (SSSR count). The summed E-state index contributed by atoms with van der Waals surface area (Å²) < 4.78 is 71.9. The van der Waals surface area contributed by atoms with E-state index < -0.39 is 39.7 Å². The Kier molecular flexibility index (Phi) is 8.86. The molecule has 0 radical (unpaired) electrons. The van der Waals surface area contributed by atoms with Gasteiger partial charge in [0.25, 0.3) is 15.9 Å². The molecule has 0 spiro atoms. The van der Waals surface area contributed by atoms with Crippen LogP contribution in [-0.4, -0.2) is 39.5 Å². The van der Waals surface area contributed by atoms with Gasteiger partial charge in [0.05, 0.1) is 28.3 Å². The molecule has 0 heterocycles. The number of anilines is 1. The highest BCUT2D eigenvalue weighted by Gasteiger charge is 2.32. The fourth-order valence-electron chi connectivity index (χ4n) is 2.88. The van der Waals surface area contributed by atoms with Crippen LogP contribution in [0.3, 0.4) is 0 Å². The highest BCUT2D eigenvalue weighted by molar-refractivity contribution is 7.92. The van der Waals surface area contributed by atoms with Crippen LogP contribution in [0.2, 0.25) is 0 Å². The predicted molar refractivity (Wildman–Crippen MR) is 121 cm³/mol. The first-order valence-electron chi connectivity index (χ1n) is 10.3. The fourth-order valence-corrected chi connectivity index (χ4v) is 4.36. The third-order valence-electron chi connectivity index (χ3n) is 4.62. The molecule has 1 amide bonds. The molecule has 0 aliphatic carbocycles. The van der Waals surface area contributed by atoms with Gasteiger partial charge in [-0.1, -0.05) is 25.1 Å². The van der Waals surface area contributed by atoms with Crippen LogP contribution < -0.4 is 9.62 Å². The molecule has 0 bridgehead atoms. The van der Waals surface area contributed by atoms with Crippen LogP contribution >= 0.6 is 0 Å². The molecule has 0 aliphatic heterocycles. The van der Waals surface area contributed by atoms with E-state index in [0.717, 1.165) is 28.6 Å². The topological polar surface area (TPSA) is 92.8 Å². The Hall–Kier alpha value is -3.34. The van der Waals surface area contributed by atoms with Crippen molar-refractivity contribution in [3.8, 4) is 0 Å². The highest BCUT2D eigenvalue weighted by atomic mass is 32.2. The summed E-state index contributed by atoms with van der Waals surface area (Å²) in [5, 5.41) is 2.58. The van der Waals surface area contributed by atoms with E-state index in [1.165, 1.54) is 37.3 Å². The molecular formula is C23H25F3N2O5S. The minimum Gasteiger partial charge on any atom is -0.449 e. The number of rotatable bonds is 10. The van der Waals surface area contributed by atoms with Gasteiger partial charge in [-0.15, -0.1) is 6.58 Å². The van der Waals surface area contributed by atoms with Gasteiger partial charge in [0, 0.05) is 6.54 Å². The molecule has 2 aromatic carbocycles. The van der Waals surface area contributed by atoms with Crippen molar-refractivity contribution in [2.75, 3.05) is 17.4 Å². The first-order valence-corrected chi connectivity index (χ1v) is 11.8. The molecule has 1 atom stereocenters. The van der Waals surface area contributed by atoms with E-state index in [9.17, 15) is 31.2 Å². The third-order valence-corrected chi connectivity index (χ3v) is 6.41. The van der Waals surface area contributed by atoms with Crippen LogP contribution in [0.25, 0.3) is 0 Å². The van der Waals surface area contributed by atoms with Crippen molar-refractivity contribution in [2.45, 2.75) is 37.4 Å². The van der Waals surface area contributed by atoms with E-state index in [0.29, 0.717) is 13.0 Å². The maximum atomic E-state index is 13.3. The number of esters is 1. The molecule has 7 nitrogen and oxygen atoms in total. The molecule has 0 aromatic heterocycles. The molecule has 1 unspecified atom stereocenters. The minimum atomic E-state index is -4.66. The second-order valence-corrected chi connectivity index (χ2v) is 9.10. The van der Waals surface area contributed by atoms with Gasteiger partial charge < -0.3 is 10.1 Å². The van der Waals surface area contributed by atoms with Crippen LogP contribution in [0.15, 0.2) is 66.1 Å². The maximum Gasteiger partial charge on any atom is 0.416 e. The van der Waals surface area contributed by atoms with Crippen molar-refractivity contribution in [3.05, 3.63) is 72.3 Å². The maximum absolute atomic E-state index is 13.3. The van der Waals surface area contributed by atoms with Crippen molar-refractivity contribution in [1.29, 1.82) is 0 Å². The molecule has 184 valence electrons. The number of amides is 1. The van der Waals surface area contributed by atoms with Crippen LogP contribution in [0.1, 0.15) is 36.2 Å². The van der Waals surface area contributed by atoms with Crippen molar-refractivity contribution in [2.24, 2.45) is 0 Å². The summed E-state index contributed by atoms with van der Waals surface area (Å²) in [5.74, 6) is -1.42. The molecule has 11 heteroatoms. The van der Waals surface area contributed by atoms with Gasteiger partial charge in [-0.2, -0.15) is 13.2 Å².